The van der Waals surface area contributed by atoms with Crippen LogP contribution in [0, 0.1) is 6.92 Å². The molecule has 35 heavy (non-hydrogen) atoms. The highest BCUT2D eigenvalue weighted by Crippen LogP contribution is 2.26. The predicted octanol–water partition coefficient (Wildman–Crippen LogP) is 4.70. The minimum Gasteiger partial charge on any atom is -0.492 e. The Morgan fingerprint density at radius 1 is 0.886 bits per heavy atom. The number of nitrogens with one attached hydrogen (secondary N) is 1. The van der Waals surface area contributed by atoms with Gasteiger partial charge in [-0.3, -0.25) is 14.9 Å². The van der Waals surface area contributed by atoms with Crippen LogP contribution in [0.4, 0.5) is 10.5 Å². The number of aromatic nitrogens is 1. The molecular weight excluding hydrogens is 442 g/mol. The largest absolute Gasteiger partial charge is 0.492 e. The molecule has 0 bridgehead atoms. The molecule has 1 aliphatic rings. The van der Waals surface area contributed by atoms with E-state index in [4.69, 9.17) is 4.74 Å². The van der Waals surface area contributed by atoms with Crippen LogP contribution < -0.4 is 15.0 Å². The lowest BCUT2D eigenvalue weighted by Crippen LogP contribution is -2.54. The lowest BCUT2D eigenvalue weighted by atomic mass is 10.1. The first kappa shape index (κ1) is 22.2. The van der Waals surface area contributed by atoms with E-state index in [1.54, 1.807) is 36.4 Å². The molecule has 1 aliphatic heterocycles. The van der Waals surface area contributed by atoms with Crippen LogP contribution in [0.1, 0.15) is 11.1 Å². The molecule has 1 saturated heterocycles. The van der Waals surface area contributed by atoms with Crippen LogP contribution >= 0.6 is 0 Å². The number of rotatable bonds is 6. The number of urea groups is 1. The third kappa shape index (κ3) is 4.44. The van der Waals surface area contributed by atoms with Gasteiger partial charge in [0.15, 0.2) is 0 Å². The highest BCUT2D eigenvalue weighted by atomic mass is 16.5. The normalized spacial score (nSPS) is 15.1. The third-order valence-corrected chi connectivity index (χ3v) is 5.86. The summed E-state index contributed by atoms with van der Waals surface area (Å²) in [7, 11) is 0. The number of carbonyl (C=O) groups excluding carboxylic acids is 3. The first-order valence-corrected chi connectivity index (χ1v) is 11.2. The van der Waals surface area contributed by atoms with Gasteiger partial charge in [-0.05, 0) is 43.3 Å². The molecule has 0 atom stereocenters. The summed E-state index contributed by atoms with van der Waals surface area (Å²) in [6, 6.07) is 23.4. The molecule has 174 valence electrons. The van der Waals surface area contributed by atoms with Crippen LogP contribution in [0.15, 0.2) is 90.6 Å². The zero-order valence-corrected chi connectivity index (χ0v) is 19.1. The van der Waals surface area contributed by atoms with Crippen molar-refractivity contribution in [2.75, 3.05) is 11.5 Å². The Morgan fingerprint density at radius 2 is 1.60 bits per heavy atom. The second-order valence-corrected chi connectivity index (χ2v) is 8.25. The van der Waals surface area contributed by atoms with E-state index in [-0.39, 0.29) is 5.57 Å². The van der Waals surface area contributed by atoms with E-state index in [1.807, 2.05) is 66.2 Å². The molecular formula is C28H23N3O4. The number of aryl methyl sites for hydroxylation is 1. The summed E-state index contributed by atoms with van der Waals surface area (Å²) in [6.07, 6.45) is 3.43. The van der Waals surface area contributed by atoms with Crippen LogP contribution in [0.5, 0.6) is 5.75 Å². The minimum absolute atomic E-state index is 0.104. The predicted molar refractivity (Wildman–Crippen MR) is 134 cm³/mol. The Kier molecular flexibility index (Phi) is 5.89. The molecule has 0 aliphatic carbocycles. The van der Waals surface area contributed by atoms with Gasteiger partial charge in [-0.1, -0.05) is 54.1 Å². The van der Waals surface area contributed by atoms with Crippen LogP contribution in [-0.2, 0) is 16.1 Å². The third-order valence-electron chi connectivity index (χ3n) is 5.86. The van der Waals surface area contributed by atoms with E-state index in [9.17, 15) is 14.4 Å². The Labute approximate surface area is 202 Å². The maximum absolute atomic E-state index is 13.2. The van der Waals surface area contributed by atoms with Crippen LogP contribution in [0.25, 0.3) is 17.0 Å². The number of benzene rings is 3. The van der Waals surface area contributed by atoms with Gasteiger partial charge in [-0.15, -0.1) is 0 Å². The minimum atomic E-state index is -0.765. The molecule has 2 heterocycles. The van der Waals surface area contributed by atoms with Crippen molar-refractivity contribution in [3.63, 3.8) is 0 Å². The molecule has 5 rings (SSSR count). The number of anilines is 1. The highest BCUT2D eigenvalue weighted by molar-refractivity contribution is 6.39. The van der Waals surface area contributed by atoms with Crippen molar-refractivity contribution in [2.45, 2.75) is 13.5 Å². The van der Waals surface area contributed by atoms with E-state index in [0.717, 1.165) is 21.6 Å². The number of para-hydroxylation sites is 2. The fourth-order valence-electron chi connectivity index (χ4n) is 4.10. The molecule has 0 spiro atoms. The van der Waals surface area contributed by atoms with Gasteiger partial charge in [-0.25, -0.2) is 9.69 Å². The second kappa shape index (κ2) is 9.30. The smallest absolute Gasteiger partial charge is 0.335 e. The van der Waals surface area contributed by atoms with Gasteiger partial charge in [0.2, 0.25) is 0 Å². The molecule has 4 amide bonds. The fourth-order valence-corrected chi connectivity index (χ4v) is 4.10. The molecule has 1 aromatic heterocycles. The number of hydrogen-bond donors (Lipinski definition) is 1. The Bertz CT molecular complexity index is 1450. The summed E-state index contributed by atoms with van der Waals surface area (Å²) in [4.78, 5) is 39.2. The summed E-state index contributed by atoms with van der Waals surface area (Å²) in [5.41, 5.74) is 3.11. The van der Waals surface area contributed by atoms with E-state index in [2.05, 4.69) is 5.32 Å². The quantitative estimate of drug-likeness (QED) is 0.331. The summed E-state index contributed by atoms with van der Waals surface area (Å²) in [5, 5.41) is 3.16. The number of barbiturate groups is 1. The lowest BCUT2D eigenvalue weighted by molar-refractivity contribution is -0.122. The standard InChI is InChI=1S/C28H23N3O4/c1-19-11-13-22(14-12-19)35-16-15-30-18-20(23-9-5-6-10-25(23)30)17-24-26(32)29-28(34)31(27(24)33)21-7-3-2-4-8-21/h2-14,17-18H,15-16H2,1H3,(H,29,32,34). The average molecular weight is 466 g/mol. The number of carbonyl (C=O) groups is 3. The van der Waals surface area contributed by atoms with Crippen LogP contribution in [-0.4, -0.2) is 29.0 Å². The van der Waals surface area contributed by atoms with Crippen molar-refractivity contribution in [2.24, 2.45) is 0 Å². The van der Waals surface area contributed by atoms with Gasteiger partial charge >= 0.3 is 6.03 Å². The van der Waals surface area contributed by atoms with Crippen molar-refractivity contribution in [3.8, 4) is 5.75 Å². The summed E-state index contributed by atoms with van der Waals surface area (Å²) >= 11 is 0. The monoisotopic (exact) mass is 465 g/mol. The molecule has 4 aromatic rings. The van der Waals surface area contributed by atoms with Gasteiger partial charge in [0.1, 0.15) is 17.9 Å². The van der Waals surface area contributed by atoms with E-state index in [0.29, 0.717) is 24.4 Å². The number of hydrogen-bond acceptors (Lipinski definition) is 4. The van der Waals surface area contributed by atoms with E-state index >= 15 is 0 Å². The number of imide groups is 2. The molecule has 0 saturated carbocycles. The first-order valence-electron chi connectivity index (χ1n) is 11.2. The SMILES string of the molecule is Cc1ccc(OCCn2cc(C=C3C(=O)NC(=O)N(c4ccccc4)C3=O)c3ccccc32)cc1. The maximum Gasteiger partial charge on any atom is 0.335 e. The lowest BCUT2D eigenvalue weighted by Gasteiger charge is -2.26. The molecule has 1 N–H and O–H groups in total. The van der Waals surface area contributed by atoms with E-state index < -0.39 is 17.8 Å². The molecule has 0 unspecified atom stereocenters. The Morgan fingerprint density at radius 3 is 2.37 bits per heavy atom. The van der Waals surface area contributed by atoms with Crippen molar-refractivity contribution in [1.82, 2.24) is 9.88 Å². The summed E-state index contributed by atoms with van der Waals surface area (Å²) in [5.74, 6) is -0.583. The van der Waals surface area contributed by atoms with Gasteiger partial charge in [-0.2, -0.15) is 0 Å². The molecule has 3 aromatic carbocycles. The Hall–Kier alpha value is -4.65. The maximum atomic E-state index is 13.2. The molecule has 7 heteroatoms. The zero-order chi connectivity index (χ0) is 24.4. The van der Waals surface area contributed by atoms with Gasteiger partial charge in [0, 0.05) is 22.7 Å². The Balaban J connectivity index is 1.44. The average Bonchev–Trinajstić information content (AvgIpc) is 3.21. The molecule has 0 radical (unpaired) electrons. The summed E-state index contributed by atoms with van der Waals surface area (Å²) < 4.78 is 7.91. The zero-order valence-electron chi connectivity index (χ0n) is 19.1. The molecule has 7 nitrogen and oxygen atoms in total. The van der Waals surface area contributed by atoms with Gasteiger partial charge in [0.25, 0.3) is 11.8 Å². The molecule has 1 fully saturated rings. The topological polar surface area (TPSA) is 80.6 Å². The first-order chi connectivity index (χ1) is 17.0. The highest BCUT2D eigenvalue weighted by Gasteiger charge is 2.36. The van der Waals surface area contributed by atoms with Crippen molar-refractivity contribution >= 4 is 40.5 Å². The number of amides is 4. The van der Waals surface area contributed by atoms with Crippen molar-refractivity contribution in [1.29, 1.82) is 0 Å². The number of nitrogens with zero attached hydrogens (tertiary/aromatic N) is 2. The van der Waals surface area contributed by atoms with Crippen LogP contribution in [0.2, 0.25) is 0 Å². The van der Waals surface area contributed by atoms with E-state index in [1.165, 1.54) is 5.56 Å². The van der Waals surface area contributed by atoms with Crippen molar-refractivity contribution < 1.29 is 19.1 Å². The van der Waals surface area contributed by atoms with Crippen molar-refractivity contribution in [3.05, 3.63) is 102 Å². The van der Waals surface area contributed by atoms with Crippen LogP contribution in [0.3, 0.4) is 0 Å². The number of ether oxygens (including phenoxy) is 1. The fraction of sp³-hybridized carbons (Fsp3) is 0.107. The number of fused-ring (bicyclic) bond motifs is 1. The second-order valence-electron chi connectivity index (χ2n) is 8.25. The van der Waals surface area contributed by atoms with Gasteiger partial charge in [0.05, 0.1) is 12.2 Å². The summed E-state index contributed by atoms with van der Waals surface area (Å²) in [6.45, 7) is 3.05. The van der Waals surface area contributed by atoms with Gasteiger partial charge < -0.3 is 9.30 Å².